The Labute approximate surface area is 144 Å². The largest absolute Gasteiger partial charge is 0.351 e. The van der Waals surface area contributed by atoms with Gasteiger partial charge in [0.15, 0.2) is 0 Å². The van der Waals surface area contributed by atoms with Gasteiger partial charge in [0.2, 0.25) is 0 Å². The zero-order valence-corrected chi connectivity index (χ0v) is 15.5. The van der Waals surface area contributed by atoms with Crippen LogP contribution >= 0.6 is 23.7 Å². The number of rotatable bonds is 5. The molecule has 3 N–H and O–H groups in total. The van der Waals surface area contributed by atoms with Crippen LogP contribution in [0.1, 0.15) is 60.1 Å². The van der Waals surface area contributed by atoms with Gasteiger partial charge in [-0.25, -0.2) is 0 Å². The van der Waals surface area contributed by atoms with E-state index in [2.05, 4.69) is 32.2 Å². The zero-order valence-electron chi connectivity index (χ0n) is 13.9. The number of halogens is 1. The molecule has 3 nitrogen and oxygen atoms in total. The van der Waals surface area contributed by atoms with Gasteiger partial charge in [-0.15, -0.1) is 23.7 Å². The van der Waals surface area contributed by atoms with Crippen molar-refractivity contribution < 1.29 is 4.79 Å². The van der Waals surface area contributed by atoms with Gasteiger partial charge in [-0.2, -0.15) is 0 Å². The molecule has 1 aromatic rings. The van der Waals surface area contributed by atoms with Crippen molar-refractivity contribution in [3.63, 3.8) is 0 Å². The minimum absolute atomic E-state index is 0. The van der Waals surface area contributed by atoms with E-state index in [1.807, 2.05) is 0 Å². The molecular weight excluding hydrogens is 316 g/mol. The van der Waals surface area contributed by atoms with Gasteiger partial charge in [-0.1, -0.05) is 20.8 Å². The number of thiophene rings is 1. The van der Waals surface area contributed by atoms with Crippen molar-refractivity contribution in [2.45, 2.75) is 52.9 Å². The Balaban J connectivity index is 0.00000242. The molecule has 126 valence electrons. The molecule has 1 amide bonds. The normalized spacial score (nSPS) is 17.5. The highest BCUT2D eigenvalue weighted by atomic mass is 35.5. The van der Waals surface area contributed by atoms with Gasteiger partial charge >= 0.3 is 0 Å². The summed E-state index contributed by atoms with van der Waals surface area (Å²) in [5.74, 6) is 0.804. The van der Waals surface area contributed by atoms with Crippen LogP contribution in [-0.2, 0) is 12.8 Å². The van der Waals surface area contributed by atoms with Gasteiger partial charge in [0.1, 0.15) is 0 Å². The Hall–Kier alpha value is -0.580. The zero-order chi connectivity index (χ0) is 15.5. The third-order valence-corrected chi connectivity index (χ3v) is 5.68. The first-order valence-corrected chi connectivity index (χ1v) is 8.83. The summed E-state index contributed by atoms with van der Waals surface area (Å²) in [5.41, 5.74) is 7.21. The Morgan fingerprint density at radius 3 is 2.77 bits per heavy atom. The summed E-state index contributed by atoms with van der Waals surface area (Å²) >= 11 is 1.68. The maximum atomic E-state index is 12.2. The van der Waals surface area contributed by atoms with Crippen LogP contribution in [0.4, 0.5) is 0 Å². The number of unbranched alkanes of at least 4 members (excludes halogenated alkanes) is 1. The van der Waals surface area contributed by atoms with Crippen molar-refractivity contribution >= 4 is 29.7 Å². The topological polar surface area (TPSA) is 55.1 Å². The lowest BCUT2D eigenvalue weighted by Crippen LogP contribution is -2.26. The van der Waals surface area contributed by atoms with Crippen LogP contribution in [0.5, 0.6) is 0 Å². The third kappa shape index (κ3) is 4.97. The summed E-state index contributed by atoms with van der Waals surface area (Å²) in [6.45, 7) is 8.38. The highest BCUT2D eigenvalue weighted by Crippen LogP contribution is 2.40. The van der Waals surface area contributed by atoms with Crippen LogP contribution in [-0.4, -0.2) is 19.0 Å². The molecule has 0 spiro atoms. The fraction of sp³-hybridized carbons (Fsp3) is 0.706. The van der Waals surface area contributed by atoms with Crippen LogP contribution in [0.15, 0.2) is 6.07 Å². The lowest BCUT2D eigenvalue weighted by Gasteiger charge is -2.33. The molecule has 0 fully saturated rings. The van der Waals surface area contributed by atoms with Crippen LogP contribution in [0.3, 0.4) is 0 Å². The van der Waals surface area contributed by atoms with E-state index in [9.17, 15) is 4.79 Å². The molecule has 5 heteroatoms. The molecule has 0 saturated carbocycles. The Bertz CT molecular complexity index is 493. The molecule has 1 unspecified atom stereocenters. The van der Waals surface area contributed by atoms with E-state index >= 15 is 0 Å². The highest BCUT2D eigenvalue weighted by molar-refractivity contribution is 7.14. The van der Waals surface area contributed by atoms with Crippen LogP contribution < -0.4 is 11.1 Å². The molecule has 0 radical (unpaired) electrons. The fourth-order valence-electron chi connectivity index (χ4n) is 2.93. The molecule has 22 heavy (non-hydrogen) atoms. The summed E-state index contributed by atoms with van der Waals surface area (Å²) in [6, 6.07) is 2.12. The van der Waals surface area contributed by atoms with Crippen LogP contribution in [0, 0.1) is 11.3 Å². The van der Waals surface area contributed by atoms with Gasteiger partial charge in [-0.3, -0.25) is 4.79 Å². The number of hydrogen-bond acceptors (Lipinski definition) is 3. The summed E-state index contributed by atoms with van der Waals surface area (Å²) in [6.07, 6.45) is 5.42. The van der Waals surface area contributed by atoms with Crippen molar-refractivity contribution in [2.24, 2.45) is 17.1 Å². The molecule has 0 aliphatic heterocycles. The molecule has 1 heterocycles. The van der Waals surface area contributed by atoms with Crippen molar-refractivity contribution in [3.05, 3.63) is 21.4 Å². The average Bonchev–Trinajstić information content (AvgIpc) is 2.85. The number of carbonyl (C=O) groups excluding carboxylic acids is 1. The van der Waals surface area contributed by atoms with Crippen molar-refractivity contribution in [1.82, 2.24) is 5.32 Å². The lowest BCUT2D eigenvalue weighted by molar-refractivity contribution is 0.0957. The SMILES string of the molecule is CC(C)(C)C1CCc2sc(C(=O)NCCCCN)cc2C1.Cl. The summed E-state index contributed by atoms with van der Waals surface area (Å²) in [4.78, 5) is 14.5. The second-order valence-corrected chi connectivity index (χ2v) is 8.25. The van der Waals surface area contributed by atoms with Gasteiger partial charge in [0, 0.05) is 11.4 Å². The minimum Gasteiger partial charge on any atom is -0.351 e. The number of amides is 1. The van der Waals surface area contributed by atoms with E-state index < -0.39 is 0 Å². The molecule has 1 aromatic heterocycles. The number of hydrogen-bond donors (Lipinski definition) is 2. The molecule has 1 atom stereocenters. The van der Waals surface area contributed by atoms with Crippen LogP contribution in [0.25, 0.3) is 0 Å². The molecular formula is C17H29ClN2OS. The van der Waals surface area contributed by atoms with Gasteiger partial charge in [0.05, 0.1) is 4.88 Å². The summed E-state index contributed by atoms with van der Waals surface area (Å²) in [5, 5.41) is 3.00. The van der Waals surface area contributed by atoms with Gasteiger partial charge in [-0.05, 0) is 61.6 Å². The quantitative estimate of drug-likeness (QED) is 0.798. The molecule has 0 bridgehead atoms. The summed E-state index contributed by atoms with van der Waals surface area (Å²) in [7, 11) is 0. The maximum Gasteiger partial charge on any atom is 0.261 e. The van der Waals surface area contributed by atoms with Crippen molar-refractivity contribution in [3.8, 4) is 0 Å². The fourth-order valence-corrected chi connectivity index (χ4v) is 4.06. The Kier molecular flexibility index (Phi) is 7.36. The predicted molar refractivity (Wildman–Crippen MR) is 97.2 cm³/mol. The second-order valence-electron chi connectivity index (χ2n) is 7.12. The third-order valence-electron chi connectivity index (χ3n) is 4.45. The number of aryl methyl sites for hydroxylation is 1. The molecule has 0 aromatic carbocycles. The minimum atomic E-state index is 0. The van der Waals surface area contributed by atoms with Crippen molar-refractivity contribution in [2.75, 3.05) is 13.1 Å². The number of nitrogens with one attached hydrogen (secondary N) is 1. The molecule has 2 rings (SSSR count). The first-order chi connectivity index (χ1) is 9.91. The monoisotopic (exact) mass is 344 g/mol. The van der Waals surface area contributed by atoms with Crippen molar-refractivity contribution in [1.29, 1.82) is 0 Å². The molecule has 1 aliphatic rings. The standard InChI is InChI=1S/C17H28N2OS.ClH/c1-17(2,3)13-6-7-14-12(10-13)11-15(21-14)16(20)19-9-5-4-8-18;/h11,13H,4-10,18H2,1-3H3,(H,19,20);1H. The lowest BCUT2D eigenvalue weighted by atomic mass is 9.72. The van der Waals surface area contributed by atoms with Crippen LogP contribution in [0.2, 0.25) is 0 Å². The second kappa shape index (κ2) is 8.32. The maximum absolute atomic E-state index is 12.2. The highest BCUT2D eigenvalue weighted by Gasteiger charge is 2.30. The van der Waals surface area contributed by atoms with E-state index in [1.54, 1.807) is 11.3 Å². The van der Waals surface area contributed by atoms with Gasteiger partial charge in [0.25, 0.3) is 5.91 Å². The Morgan fingerprint density at radius 2 is 2.14 bits per heavy atom. The smallest absolute Gasteiger partial charge is 0.261 e. The summed E-state index contributed by atoms with van der Waals surface area (Å²) < 4.78 is 0. The Morgan fingerprint density at radius 1 is 1.41 bits per heavy atom. The van der Waals surface area contributed by atoms with E-state index in [-0.39, 0.29) is 18.3 Å². The molecule has 1 aliphatic carbocycles. The number of nitrogens with two attached hydrogens (primary N) is 1. The van der Waals surface area contributed by atoms with E-state index in [0.717, 1.165) is 43.0 Å². The average molecular weight is 345 g/mol. The predicted octanol–water partition coefficient (Wildman–Crippen LogP) is 3.79. The first-order valence-electron chi connectivity index (χ1n) is 8.01. The van der Waals surface area contributed by atoms with E-state index in [1.165, 1.54) is 16.9 Å². The molecule has 0 saturated heterocycles. The van der Waals surface area contributed by atoms with E-state index in [4.69, 9.17) is 5.73 Å². The van der Waals surface area contributed by atoms with E-state index in [0.29, 0.717) is 12.0 Å². The number of fused-ring (bicyclic) bond motifs is 1. The van der Waals surface area contributed by atoms with Gasteiger partial charge < -0.3 is 11.1 Å². The first kappa shape index (κ1) is 19.5. The number of carbonyl (C=O) groups is 1.